The lowest BCUT2D eigenvalue weighted by Gasteiger charge is -1.97. The Kier molecular flexibility index (Phi) is 2.92. The Morgan fingerprint density at radius 2 is 2.21 bits per heavy atom. The summed E-state index contributed by atoms with van der Waals surface area (Å²) in [4.78, 5) is 10.4. The third-order valence-electron chi connectivity index (χ3n) is 1.38. The Hall–Kier alpha value is -1.34. The summed E-state index contributed by atoms with van der Waals surface area (Å²) < 4.78 is 28.3. The largest absolute Gasteiger partial charge is 0.475 e. The SMILES string of the molecule is CS(=O)(=O)NCc1ccc(C(=O)O)o1. The zero-order valence-corrected chi connectivity index (χ0v) is 8.17. The highest BCUT2D eigenvalue weighted by Gasteiger charge is 2.09. The first kappa shape index (κ1) is 10.7. The number of hydrogen-bond donors (Lipinski definition) is 2. The minimum Gasteiger partial charge on any atom is -0.475 e. The molecule has 1 aromatic rings. The quantitative estimate of drug-likeness (QED) is 0.744. The van der Waals surface area contributed by atoms with E-state index in [-0.39, 0.29) is 18.1 Å². The normalized spacial score (nSPS) is 11.5. The van der Waals surface area contributed by atoms with Crippen molar-refractivity contribution in [2.45, 2.75) is 6.54 Å². The molecule has 0 aromatic carbocycles. The first-order valence-corrected chi connectivity index (χ1v) is 5.54. The molecule has 2 N–H and O–H groups in total. The van der Waals surface area contributed by atoms with Gasteiger partial charge in [0.25, 0.3) is 0 Å². The molecule has 6 nitrogen and oxygen atoms in total. The summed E-state index contributed by atoms with van der Waals surface area (Å²) in [6, 6.07) is 2.67. The van der Waals surface area contributed by atoms with Crippen molar-refractivity contribution in [2.75, 3.05) is 6.26 Å². The average molecular weight is 219 g/mol. The zero-order chi connectivity index (χ0) is 10.8. The standard InChI is InChI=1S/C7H9NO5S/c1-14(11,12)8-4-5-2-3-6(13-5)7(9)10/h2-3,8H,4H2,1H3,(H,9,10). The Bertz CT molecular complexity index is 433. The van der Waals surface area contributed by atoms with Crippen LogP contribution in [0.25, 0.3) is 0 Å². The fourth-order valence-electron chi connectivity index (χ4n) is 0.790. The van der Waals surface area contributed by atoms with E-state index in [0.717, 1.165) is 6.26 Å². The summed E-state index contributed by atoms with van der Waals surface area (Å²) in [5.41, 5.74) is 0. The van der Waals surface area contributed by atoms with Crippen LogP contribution in [0.1, 0.15) is 16.3 Å². The van der Waals surface area contributed by atoms with E-state index in [1.807, 2.05) is 0 Å². The second kappa shape index (κ2) is 3.81. The molecule has 0 fully saturated rings. The van der Waals surface area contributed by atoms with Crippen LogP contribution in [0, 0.1) is 0 Å². The molecule has 0 aliphatic carbocycles. The minimum absolute atomic E-state index is 0.0495. The molecule has 0 radical (unpaired) electrons. The molecule has 0 aliphatic rings. The first-order valence-electron chi connectivity index (χ1n) is 3.65. The molecule has 0 bridgehead atoms. The Balaban J connectivity index is 2.65. The van der Waals surface area contributed by atoms with E-state index in [0.29, 0.717) is 0 Å². The lowest BCUT2D eigenvalue weighted by atomic mass is 10.4. The van der Waals surface area contributed by atoms with Gasteiger partial charge in [0.2, 0.25) is 15.8 Å². The predicted octanol–water partition coefficient (Wildman–Crippen LogP) is 0.0270. The molecule has 14 heavy (non-hydrogen) atoms. The molecule has 0 unspecified atom stereocenters. The van der Waals surface area contributed by atoms with Crippen molar-refractivity contribution < 1.29 is 22.7 Å². The summed E-state index contributed by atoms with van der Waals surface area (Å²) in [6.07, 6.45) is 1.01. The molecular formula is C7H9NO5S. The van der Waals surface area contributed by atoms with E-state index in [1.54, 1.807) is 0 Å². The number of hydrogen-bond acceptors (Lipinski definition) is 4. The predicted molar refractivity (Wildman–Crippen MR) is 47.4 cm³/mol. The van der Waals surface area contributed by atoms with Crippen LogP contribution in [0.3, 0.4) is 0 Å². The molecule has 0 saturated heterocycles. The number of rotatable bonds is 4. The highest BCUT2D eigenvalue weighted by Crippen LogP contribution is 2.07. The lowest BCUT2D eigenvalue weighted by molar-refractivity contribution is 0.0660. The van der Waals surface area contributed by atoms with Crippen LogP contribution >= 0.6 is 0 Å². The van der Waals surface area contributed by atoms with Crippen molar-refractivity contribution in [1.29, 1.82) is 0 Å². The van der Waals surface area contributed by atoms with Crippen LogP contribution in [-0.4, -0.2) is 25.7 Å². The average Bonchev–Trinajstić information content (AvgIpc) is 2.47. The van der Waals surface area contributed by atoms with Gasteiger partial charge in [0.05, 0.1) is 12.8 Å². The minimum atomic E-state index is -3.29. The number of furan rings is 1. The van der Waals surface area contributed by atoms with Crippen molar-refractivity contribution in [3.05, 3.63) is 23.7 Å². The van der Waals surface area contributed by atoms with Gasteiger partial charge in [-0.1, -0.05) is 0 Å². The number of aromatic carboxylic acids is 1. The molecule has 1 heterocycles. The third kappa shape index (κ3) is 3.19. The molecule has 0 aliphatic heterocycles. The molecule has 0 amide bonds. The van der Waals surface area contributed by atoms with Gasteiger partial charge >= 0.3 is 5.97 Å². The van der Waals surface area contributed by atoms with Gasteiger partial charge in [-0.15, -0.1) is 0 Å². The van der Waals surface area contributed by atoms with E-state index >= 15 is 0 Å². The molecular weight excluding hydrogens is 210 g/mol. The van der Waals surface area contributed by atoms with Gasteiger partial charge in [-0.05, 0) is 12.1 Å². The maximum atomic E-state index is 10.7. The maximum Gasteiger partial charge on any atom is 0.371 e. The summed E-state index contributed by atoms with van der Waals surface area (Å²) >= 11 is 0. The molecule has 1 aromatic heterocycles. The highest BCUT2D eigenvalue weighted by atomic mass is 32.2. The van der Waals surface area contributed by atoms with Crippen molar-refractivity contribution >= 4 is 16.0 Å². The maximum absolute atomic E-state index is 10.7. The molecule has 0 spiro atoms. The molecule has 1 rings (SSSR count). The van der Waals surface area contributed by atoms with Crippen molar-refractivity contribution in [2.24, 2.45) is 0 Å². The lowest BCUT2D eigenvalue weighted by Crippen LogP contribution is -2.20. The molecule has 7 heteroatoms. The van der Waals surface area contributed by atoms with Gasteiger partial charge in [0, 0.05) is 0 Å². The molecule has 0 atom stereocenters. The van der Waals surface area contributed by atoms with Gasteiger partial charge in [0.1, 0.15) is 5.76 Å². The summed E-state index contributed by atoms with van der Waals surface area (Å²) in [6.45, 7) is -0.0495. The fraction of sp³-hybridized carbons (Fsp3) is 0.286. The topological polar surface area (TPSA) is 96.6 Å². The monoisotopic (exact) mass is 219 g/mol. The van der Waals surface area contributed by atoms with E-state index in [1.165, 1.54) is 12.1 Å². The van der Waals surface area contributed by atoms with Crippen LogP contribution in [0.5, 0.6) is 0 Å². The van der Waals surface area contributed by atoms with Gasteiger partial charge in [-0.2, -0.15) is 0 Å². The van der Waals surface area contributed by atoms with Crippen LogP contribution in [-0.2, 0) is 16.6 Å². The summed E-state index contributed by atoms with van der Waals surface area (Å²) in [5, 5.41) is 8.49. The van der Waals surface area contributed by atoms with E-state index in [4.69, 9.17) is 9.52 Å². The first-order chi connectivity index (χ1) is 6.38. The highest BCUT2D eigenvalue weighted by molar-refractivity contribution is 7.88. The number of carboxylic acid groups (broad SMARTS) is 1. The van der Waals surface area contributed by atoms with Crippen molar-refractivity contribution in [3.8, 4) is 0 Å². The van der Waals surface area contributed by atoms with Crippen LogP contribution < -0.4 is 4.72 Å². The number of carbonyl (C=O) groups is 1. The fourth-order valence-corrected chi connectivity index (χ4v) is 1.19. The van der Waals surface area contributed by atoms with Crippen LogP contribution in [0.15, 0.2) is 16.5 Å². The molecule has 78 valence electrons. The second-order valence-electron chi connectivity index (χ2n) is 2.66. The van der Waals surface area contributed by atoms with Gasteiger partial charge in [0.15, 0.2) is 0 Å². The zero-order valence-electron chi connectivity index (χ0n) is 7.35. The summed E-state index contributed by atoms with van der Waals surface area (Å²) in [7, 11) is -3.29. The van der Waals surface area contributed by atoms with Gasteiger partial charge < -0.3 is 9.52 Å². The van der Waals surface area contributed by atoms with Crippen molar-refractivity contribution in [1.82, 2.24) is 4.72 Å². The Labute approximate surface area is 80.6 Å². The number of sulfonamides is 1. The third-order valence-corrected chi connectivity index (χ3v) is 2.05. The van der Waals surface area contributed by atoms with E-state index < -0.39 is 16.0 Å². The second-order valence-corrected chi connectivity index (χ2v) is 4.50. The van der Waals surface area contributed by atoms with Gasteiger partial charge in [-0.25, -0.2) is 17.9 Å². The van der Waals surface area contributed by atoms with E-state index in [2.05, 4.69) is 4.72 Å². The van der Waals surface area contributed by atoms with Crippen LogP contribution in [0.4, 0.5) is 0 Å². The Morgan fingerprint density at radius 1 is 1.57 bits per heavy atom. The van der Waals surface area contributed by atoms with Crippen LogP contribution in [0.2, 0.25) is 0 Å². The molecule has 0 saturated carbocycles. The van der Waals surface area contributed by atoms with Gasteiger partial charge in [-0.3, -0.25) is 0 Å². The number of carboxylic acids is 1. The smallest absolute Gasteiger partial charge is 0.371 e. The van der Waals surface area contributed by atoms with E-state index in [9.17, 15) is 13.2 Å². The number of nitrogens with one attached hydrogen (secondary N) is 1. The summed E-state index contributed by atoms with van der Waals surface area (Å²) in [5.74, 6) is -1.14. The Morgan fingerprint density at radius 3 is 2.64 bits per heavy atom. The van der Waals surface area contributed by atoms with Crippen molar-refractivity contribution in [3.63, 3.8) is 0 Å².